The number of carbonyl (C=O) groups excluding carboxylic acids is 2. The van der Waals surface area contributed by atoms with Crippen LogP contribution in [0, 0.1) is 12.7 Å². The molecular formula is C18H23FN4O4. The highest BCUT2D eigenvalue weighted by molar-refractivity contribution is 5.93. The van der Waals surface area contributed by atoms with Crippen LogP contribution in [0.2, 0.25) is 0 Å². The summed E-state index contributed by atoms with van der Waals surface area (Å²) in [6.45, 7) is 7.10. The minimum atomic E-state index is -0.581. The van der Waals surface area contributed by atoms with Crippen LogP contribution in [0.5, 0.6) is 0 Å². The Hall–Kier alpha value is -2.97. The van der Waals surface area contributed by atoms with E-state index >= 15 is 0 Å². The molecule has 9 heteroatoms. The lowest BCUT2D eigenvalue weighted by molar-refractivity contribution is 0.0527. The molecule has 2 amide bonds. The van der Waals surface area contributed by atoms with Crippen LogP contribution in [0.1, 0.15) is 48.6 Å². The summed E-state index contributed by atoms with van der Waals surface area (Å²) in [6.07, 6.45) is 1.20. The number of halogens is 1. The van der Waals surface area contributed by atoms with Gasteiger partial charge in [-0.2, -0.15) is 0 Å². The molecule has 0 atom stereocenters. The highest BCUT2D eigenvalue weighted by atomic mass is 19.1. The van der Waals surface area contributed by atoms with Gasteiger partial charge in [0.2, 0.25) is 0 Å². The summed E-state index contributed by atoms with van der Waals surface area (Å²) in [6, 6.07) is 2.74. The molecule has 0 saturated heterocycles. The molecule has 2 aromatic heterocycles. The van der Waals surface area contributed by atoms with Gasteiger partial charge in [0.25, 0.3) is 5.91 Å². The monoisotopic (exact) mass is 378 g/mol. The predicted octanol–water partition coefficient (Wildman–Crippen LogP) is 2.51. The Morgan fingerprint density at radius 1 is 1.30 bits per heavy atom. The third-order valence-electron chi connectivity index (χ3n) is 3.31. The van der Waals surface area contributed by atoms with Crippen molar-refractivity contribution in [2.75, 3.05) is 6.54 Å². The first-order chi connectivity index (χ1) is 12.7. The second-order valence-electron chi connectivity index (χ2n) is 6.81. The highest BCUT2D eigenvalue weighted by Gasteiger charge is 2.19. The number of nitrogens with one attached hydrogen (secondary N) is 2. The van der Waals surface area contributed by atoms with Crippen molar-refractivity contribution < 1.29 is 23.1 Å². The van der Waals surface area contributed by atoms with Gasteiger partial charge in [0, 0.05) is 19.2 Å². The molecular weight excluding hydrogens is 355 g/mol. The van der Waals surface area contributed by atoms with E-state index in [9.17, 15) is 14.0 Å². The number of amides is 2. The second kappa shape index (κ2) is 8.61. The average Bonchev–Trinajstić information content (AvgIpc) is 2.93. The molecule has 27 heavy (non-hydrogen) atoms. The summed E-state index contributed by atoms with van der Waals surface area (Å²) in [5, 5.41) is 5.14. The van der Waals surface area contributed by atoms with E-state index in [-0.39, 0.29) is 24.5 Å². The first-order valence-corrected chi connectivity index (χ1v) is 8.46. The van der Waals surface area contributed by atoms with Gasteiger partial charge in [0.1, 0.15) is 17.2 Å². The molecule has 0 aromatic carbocycles. The van der Waals surface area contributed by atoms with Crippen molar-refractivity contribution in [3.63, 3.8) is 0 Å². The fraction of sp³-hybridized carbons (Fsp3) is 0.444. The molecule has 8 nitrogen and oxygen atoms in total. The van der Waals surface area contributed by atoms with Crippen LogP contribution in [0.4, 0.5) is 9.18 Å². The van der Waals surface area contributed by atoms with E-state index in [0.717, 1.165) is 0 Å². The maximum atomic E-state index is 13.5. The van der Waals surface area contributed by atoms with E-state index in [1.54, 1.807) is 27.7 Å². The minimum Gasteiger partial charge on any atom is -0.445 e. The first kappa shape index (κ1) is 20.3. The Morgan fingerprint density at radius 3 is 2.70 bits per heavy atom. The number of hydrogen-bond acceptors (Lipinski definition) is 6. The zero-order chi connectivity index (χ0) is 20.0. The molecule has 146 valence electrons. The van der Waals surface area contributed by atoms with Crippen molar-refractivity contribution in [2.24, 2.45) is 0 Å². The molecule has 2 N–H and O–H groups in total. The van der Waals surface area contributed by atoms with Crippen LogP contribution < -0.4 is 10.6 Å². The summed E-state index contributed by atoms with van der Waals surface area (Å²) >= 11 is 0. The zero-order valence-electron chi connectivity index (χ0n) is 15.8. The average molecular weight is 378 g/mol. The van der Waals surface area contributed by atoms with Crippen molar-refractivity contribution in [3.05, 3.63) is 47.2 Å². The smallest absolute Gasteiger partial charge is 0.407 e. The number of ether oxygens (including phenoxy) is 1. The van der Waals surface area contributed by atoms with Crippen LogP contribution in [0.25, 0.3) is 0 Å². The summed E-state index contributed by atoms with van der Waals surface area (Å²) < 4.78 is 24.1. The van der Waals surface area contributed by atoms with Crippen LogP contribution in [-0.4, -0.2) is 34.1 Å². The van der Waals surface area contributed by atoms with Crippen molar-refractivity contribution in [3.8, 4) is 0 Å². The summed E-state index contributed by atoms with van der Waals surface area (Å²) in [7, 11) is 0. The summed E-state index contributed by atoms with van der Waals surface area (Å²) in [5.74, 6) is -0.352. The highest BCUT2D eigenvalue weighted by Crippen LogP contribution is 2.11. The van der Waals surface area contributed by atoms with Gasteiger partial charge >= 0.3 is 6.09 Å². The number of carbonyl (C=O) groups is 2. The molecule has 0 aliphatic carbocycles. The van der Waals surface area contributed by atoms with Crippen molar-refractivity contribution in [1.82, 2.24) is 20.6 Å². The number of aromatic nitrogens is 2. The van der Waals surface area contributed by atoms with Gasteiger partial charge in [0.05, 0.1) is 12.2 Å². The Morgan fingerprint density at radius 2 is 2.04 bits per heavy atom. The number of rotatable bonds is 6. The van der Waals surface area contributed by atoms with Gasteiger partial charge in [-0.3, -0.25) is 9.78 Å². The van der Waals surface area contributed by atoms with E-state index in [0.29, 0.717) is 18.1 Å². The molecule has 0 radical (unpaired) electrons. The van der Waals surface area contributed by atoms with Crippen molar-refractivity contribution in [2.45, 2.75) is 46.3 Å². The predicted molar refractivity (Wildman–Crippen MR) is 94.5 cm³/mol. The molecule has 0 saturated carbocycles. The van der Waals surface area contributed by atoms with Crippen molar-refractivity contribution in [1.29, 1.82) is 0 Å². The third-order valence-corrected chi connectivity index (χ3v) is 3.31. The van der Waals surface area contributed by atoms with E-state index in [1.165, 1.54) is 18.3 Å². The summed E-state index contributed by atoms with van der Waals surface area (Å²) in [4.78, 5) is 31.8. The SMILES string of the molecule is Cc1oc(CCNC(=O)OC(C)(C)C)nc1C(=O)NCc1ncccc1F. The van der Waals surface area contributed by atoms with Gasteiger partial charge in [-0.25, -0.2) is 14.2 Å². The number of hydrogen-bond donors (Lipinski definition) is 2. The Balaban J connectivity index is 1.87. The normalized spacial score (nSPS) is 11.1. The van der Waals surface area contributed by atoms with Crippen LogP contribution >= 0.6 is 0 Å². The molecule has 0 aliphatic heterocycles. The van der Waals surface area contributed by atoms with Gasteiger partial charge < -0.3 is 19.8 Å². The topological polar surface area (TPSA) is 106 Å². The summed E-state index contributed by atoms with van der Waals surface area (Å²) in [5.41, 5.74) is -0.338. The molecule has 2 heterocycles. The lowest BCUT2D eigenvalue weighted by Gasteiger charge is -2.19. The van der Waals surface area contributed by atoms with Crippen LogP contribution in [0.3, 0.4) is 0 Å². The van der Waals surface area contributed by atoms with Gasteiger partial charge in [-0.15, -0.1) is 0 Å². The molecule has 0 bridgehead atoms. The molecule has 0 aliphatic rings. The van der Waals surface area contributed by atoms with E-state index in [2.05, 4.69) is 20.6 Å². The Labute approximate surface area is 156 Å². The van der Waals surface area contributed by atoms with Gasteiger partial charge in [-0.05, 0) is 39.8 Å². The second-order valence-corrected chi connectivity index (χ2v) is 6.81. The van der Waals surface area contributed by atoms with Crippen molar-refractivity contribution >= 4 is 12.0 Å². The lowest BCUT2D eigenvalue weighted by Crippen LogP contribution is -2.33. The number of aryl methyl sites for hydroxylation is 1. The number of oxazole rings is 1. The molecule has 2 aromatic rings. The van der Waals surface area contributed by atoms with Gasteiger partial charge in [-0.1, -0.05) is 0 Å². The van der Waals surface area contributed by atoms with Crippen LogP contribution in [-0.2, 0) is 17.7 Å². The van der Waals surface area contributed by atoms with E-state index in [4.69, 9.17) is 9.15 Å². The number of alkyl carbamates (subject to hydrolysis) is 1. The zero-order valence-corrected chi connectivity index (χ0v) is 15.8. The first-order valence-electron chi connectivity index (χ1n) is 8.46. The maximum Gasteiger partial charge on any atom is 0.407 e. The van der Waals surface area contributed by atoms with E-state index < -0.39 is 23.4 Å². The molecule has 0 fully saturated rings. The van der Waals surface area contributed by atoms with Crippen LogP contribution in [0.15, 0.2) is 22.7 Å². The fourth-order valence-corrected chi connectivity index (χ4v) is 2.15. The largest absolute Gasteiger partial charge is 0.445 e. The number of nitrogens with zero attached hydrogens (tertiary/aromatic N) is 2. The van der Waals surface area contributed by atoms with Gasteiger partial charge in [0.15, 0.2) is 11.6 Å². The molecule has 0 unspecified atom stereocenters. The Bertz CT molecular complexity index is 814. The Kier molecular flexibility index (Phi) is 6.49. The standard InChI is InChI=1S/C18H23FN4O4/c1-11-15(16(24)22-10-13-12(19)6-5-8-20-13)23-14(26-11)7-9-21-17(25)27-18(2,3)4/h5-6,8H,7,9-10H2,1-4H3,(H,21,25)(H,22,24). The minimum absolute atomic E-state index is 0.0622. The lowest BCUT2D eigenvalue weighted by atomic mass is 10.2. The quantitative estimate of drug-likeness (QED) is 0.800. The maximum absolute atomic E-state index is 13.5. The number of pyridine rings is 1. The molecule has 0 spiro atoms. The van der Waals surface area contributed by atoms with E-state index in [1.807, 2.05) is 0 Å². The molecule has 2 rings (SSSR count). The third kappa shape index (κ3) is 6.36. The fourth-order valence-electron chi connectivity index (χ4n) is 2.15.